The molecule has 2 aromatic heterocycles. The van der Waals surface area contributed by atoms with Gasteiger partial charge < -0.3 is 19.9 Å². The van der Waals surface area contributed by atoms with Crippen LogP contribution in [0.1, 0.15) is 20.8 Å². The lowest BCUT2D eigenvalue weighted by atomic mass is 10.0. The zero-order chi connectivity index (χ0) is 15.9. The Morgan fingerprint density at radius 2 is 2.23 bits per heavy atom. The Bertz CT molecular complexity index is 685. The maximum absolute atomic E-state index is 10.1. The molecule has 3 rings (SSSR count). The van der Waals surface area contributed by atoms with Crippen molar-refractivity contribution in [2.75, 3.05) is 24.5 Å². The van der Waals surface area contributed by atoms with Crippen LogP contribution in [0.3, 0.4) is 0 Å². The molecule has 1 atom stereocenters. The molecule has 0 aliphatic carbocycles. The highest BCUT2D eigenvalue weighted by Crippen LogP contribution is 2.29. The predicted molar refractivity (Wildman–Crippen MR) is 89.9 cm³/mol. The second-order valence-electron chi connectivity index (χ2n) is 6.81. The SMILES string of the molecule is C=C1CN(c2ccnc3[nH]ccc23)C[C@@H](C)N1CC(C)(C)O. The van der Waals surface area contributed by atoms with E-state index in [1.807, 2.05) is 26.2 Å². The monoisotopic (exact) mass is 300 g/mol. The van der Waals surface area contributed by atoms with Gasteiger partial charge in [0.2, 0.25) is 0 Å². The average Bonchev–Trinajstić information content (AvgIpc) is 2.89. The molecule has 0 unspecified atom stereocenters. The summed E-state index contributed by atoms with van der Waals surface area (Å²) in [5.41, 5.74) is 2.42. The molecule has 2 aromatic rings. The average molecular weight is 300 g/mol. The third-order valence-electron chi connectivity index (χ3n) is 4.13. The number of pyridine rings is 1. The molecule has 0 radical (unpaired) electrons. The topological polar surface area (TPSA) is 55.4 Å². The highest BCUT2D eigenvalue weighted by Gasteiger charge is 2.30. The van der Waals surface area contributed by atoms with E-state index in [0.717, 1.165) is 29.8 Å². The lowest BCUT2D eigenvalue weighted by Crippen LogP contribution is -2.53. The minimum absolute atomic E-state index is 0.301. The van der Waals surface area contributed by atoms with Crippen molar-refractivity contribution in [2.24, 2.45) is 0 Å². The Morgan fingerprint density at radius 3 is 2.91 bits per heavy atom. The van der Waals surface area contributed by atoms with Crippen LogP contribution in [0.15, 0.2) is 36.8 Å². The van der Waals surface area contributed by atoms with Crippen molar-refractivity contribution in [3.05, 3.63) is 36.8 Å². The maximum atomic E-state index is 10.1. The molecule has 22 heavy (non-hydrogen) atoms. The number of anilines is 1. The molecule has 1 fully saturated rings. The molecule has 1 aliphatic heterocycles. The zero-order valence-electron chi connectivity index (χ0n) is 13.5. The van der Waals surface area contributed by atoms with Crippen LogP contribution in [0.4, 0.5) is 5.69 Å². The number of piperazine rings is 1. The van der Waals surface area contributed by atoms with Crippen molar-refractivity contribution in [3.63, 3.8) is 0 Å². The van der Waals surface area contributed by atoms with Gasteiger partial charge in [0, 0.05) is 48.3 Å². The van der Waals surface area contributed by atoms with Gasteiger partial charge in [-0.05, 0) is 32.9 Å². The molecule has 118 valence electrons. The molecule has 0 amide bonds. The Labute approximate surface area is 131 Å². The number of fused-ring (bicyclic) bond motifs is 1. The smallest absolute Gasteiger partial charge is 0.139 e. The second kappa shape index (κ2) is 5.32. The Kier molecular flexibility index (Phi) is 3.60. The highest BCUT2D eigenvalue weighted by atomic mass is 16.3. The quantitative estimate of drug-likeness (QED) is 0.913. The van der Waals surface area contributed by atoms with Crippen molar-refractivity contribution >= 4 is 16.7 Å². The molecule has 0 spiro atoms. The van der Waals surface area contributed by atoms with Crippen LogP contribution in [-0.2, 0) is 0 Å². The summed E-state index contributed by atoms with van der Waals surface area (Å²) in [6.07, 6.45) is 3.76. The number of nitrogens with zero attached hydrogens (tertiary/aromatic N) is 3. The number of H-pyrrole nitrogens is 1. The molecule has 0 bridgehead atoms. The Balaban J connectivity index is 1.84. The summed E-state index contributed by atoms with van der Waals surface area (Å²) < 4.78 is 0. The first kappa shape index (κ1) is 14.9. The van der Waals surface area contributed by atoms with Gasteiger partial charge in [0.15, 0.2) is 0 Å². The van der Waals surface area contributed by atoms with E-state index < -0.39 is 5.60 Å². The fraction of sp³-hybridized carbons (Fsp3) is 0.471. The number of hydrogen-bond donors (Lipinski definition) is 2. The van der Waals surface area contributed by atoms with E-state index >= 15 is 0 Å². The summed E-state index contributed by atoms with van der Waals surface area (Å²) in [7, 11) is 0. The molecule has 1 saturated heterocycles. The van der Waals surface area contributed by atoms with E-state index in [1.54, 1.807) is 0 Å². The van der Waals surface area contributed by atoms with Gasteiger partial charge >= 0.3 is 0 Å². The second-order valence-corrected chi connectivity index (χ2v) is 6.81. The van der Waals surface area contributed by atoms with Gasteiger partial charge in [0.05, 0.1) is 12.1 Å². The summed E-state index contributed by atoms with van der Waals surface area (Å²) in [5.74, 6) is 0. The largest absolute Gasteiger partial charge is 0.389 e. The maximum Gasteiger partial charge on any atom is 0.139 e. The number of rotatable bonds is 3. The van der Waals surface area contributed by atoms with Crippen LogP contribution in [0.2, 0.25) is 0 Å². The molecule has 5 heteroatoms. The molecule has 0 saturated carbocycles. The van der Waals surface area contributed by atoms with Crippen LogP contribution in [0.25, 0.3) is 11.0 Å². The number of β-amino-alcohol motifs (C(OH)–C–C–N with tert-alkyl or cyclic N) is 1. The van der Waals surface area contributed by atoms with E-state index in [2.05, 4.69) is 45.4 Å². The lowest BCUT2D eigenvalue weighted by Gasteiger charge is -2.45. The van der Waals surface area contributed by atoms with Crippen LogP contribution in [0.5, 0.6) is 0 Å². The summed E-state index contributed by atoms with van der Waals surface area (Å²) in [6, 6.07) is 4.42. The van der Waals surface area contributed by atoms with Crippen molar-refractivity contribution in [2.45, 2.75) is 32.4 Å². The summed E-state index contributed by atoms with van der Waals surface area (Å²) >= 11 is 0. The molecule has 5 nitrogen and oxygen atoms in total. The van der Waals surface area contributed by atoms with Crippen LogP contribution < -0.4 is 4.90 Å². The fourth-order valence-corrected chi connectivity index (χ4v) is 3.19. The molecule has 3 heterocycles. The normalized spacial score (nSPS) is 20.0. The van der Waals surface area contributed by atoms with Crippen molar-refractivity contribution < 1.29 is 5.11 Å². The van der Waals surface area contributed by atoms with E-state index in [9.17, 15) is 5.11 Å². The summed E-state index contributed by atoms with van der Waals surface area (Å²) in [5, 5.41) is 11.2. The van der Waals surface area contributed by atoms with Gasteiger partial charge in [0.25, 0.3) is 0 Å². The van der Waals surface area contributed by atoms with E-state index in [-0.39, 0.29) is 0 Å². The van der Waals surface area contributed by atoms with Crippen LogP contribution in [0, 0.1) is 0 Å². The minimum Gasteiger partial charge on any atom is -0.389 e. The molecular weight excluding hydrogens is 276 g/mol. The molecule has 1 aliphatic rings. The zero-order valence-corrected chi connectivity index (χ0v) is 13.5. The molecule has 2 N–H and O–H groups in total. The Morgan fingerprint density at radius 1 is 1.45 bits per heavy atom. The first-order valence-corrected chi connectivity index (χ1v) is 7.69. The number of hydrogen-bond acceptors (Lipinski definition) is 4. The first-order chi connectivity index (χ1) is 10.3. The van der Waals surface area contributed by atoms with Gasteiger partial charge in [-0.1, -0.05) is 6.58 Å². The summed E-state index contributed by atoms with van der Waals surface area (Å²) in [6.45, 7) is 12.4. The van der Waals surface area contributed by atoms with E-state index in [1.165, 1.54) is 5.69 Å². The van der Waals surface area contributed by atoms with Gasteiger partial charge in [0.1, 0.15) is 5.65 Å². The number of aromatic nitrogens is 2. The Hall–Kier alpha value is -2.01. The number of aromatic amines is 1. The van der Waals surface area contributed by atoms with Gasteiger partial charge in [-0.15, -0.1) is 0 Å². The van der Waals surface area contributed by atoms with Crippen molar-refractivity contribution in [1.82, 2.24) is 14.9 Å². The summed E-state index contributed by atoms with van der Waals surface area (Å²) in [4.78, 5) is 12.1. The standard InChI is InChI=1S/C17H24N4O/c1-12-9-20(10-13(2)21(12)11-17(3,4)22)15-6-8-19-16-14(15)5-7-18-16/h5-8,13,22H,1,9-11H2,2-4H3,(H,18,19)/t13-/m1/s1. The van der Waals surface area contributed by atoms with Gasteiger partial charge in [-0.3, -0.25) is 0 Å². The van der Waals surface area contributed by atoms with E-state index in [4.69, 9.17) is 0 Å². The molecule has 0 aromatic carbocycles. The first-order valence-electron chi connectivity index (χ1n) is 7.69. The van der Waals surface area contributed by atoms with Crippen molar-refractivity contribution in [3.8, 4) is 0 Å². The van der Waals surface area contributed by atoms with Crippen LogP contribution >= 0.6 is 0 Å². The van der Waals surface area contributed by atoms with E-state index in [0.29, 0.717) is 12.6 Å². The minimum atomic E-state index is -0.718. The van der Waals surface area contributed by atoms with Crippen LogP contribution in [-0.4, -0.2) is 51.3 Å². The molecular formula is C17H24N4O. The predicted octanol–water partition coefficient (Wildman–Crippen LogP) is 2.36. The van der Waals surface area contributed by atoms with Gasteiger partial charge in [-0.2, -0.15) is 0 Å². The van der Waals surface area contributed by atoms with Crippen molar-refractivity contribution in [1.29, 1.82) is 0 Å². The highest BCUT2D eigenvalue weighted by molar-refractivity contribution is 5.89. The third kappa shape index (κ3) is 2.81. The number of aliphatic hydroxyl groups is 1. The third-order valence-corrected chi connectivity index (χ3v) is 4.13. The van der Waals surface area contributed by atoms with Gasteiger partial charge in [-0.25, -0.2) is 4.98 Å². The number of nitrogens with one attached hydrogen (secondary N) is 1. The fourth-order valence-electron chi connectivity index (χ4n) is 3.19. The lowest BCUT2D eigenvalue weighted by molar-refractivity contribution is 0.0336.